The predicted molar refractivity (Wildman–Crippen MR) is 99.9 cm³/mol. The molecular weight excluding hydrogens is 328 g/mol. The van der Waals surface area contributed by atoms with Crippen LogP contribution in [0.4, 0.5) is 0 Å². The summed E-state index contributed by atoms with van der Waals surface area (Å²) in [5.41, 5.74) is 2.66. The van der Waals surface area contributed by atoms with Crippen LogP contribution >= 0.6 is 0 Å². The minimum Gasteiger partial charge on any atom is -0.351 e. The summed E-state index contributed by atoms with van der Waals surface area (Å²) in [5, 5.41) is 7.26. The molecule has 0 saturated carbocycles. The highest BCUT2D eigenvalue weighted by atomic mass is 16.2. The van der Waals surface area contributed by atoms with Crippen molar-refractivity contribution in [1.82, 2.24) is 20.0 Å². The van der Waals surface area contributed by atoms with Gasteiger partial charge in [0.2, 0.25) is 5.91 Å². The molecule has 2 amide bonds. The SMILES string of the molecule is CCc1c(C(=O)NCCC(=O)N2CCCC2)cnn1Cc1ccccc1. The minimum absolute atomic E-state index is 0.123. The summed E-state index contributed by atoms with van der Waals surface area (Å²) in [5.74, 6) is -0.0336. The Bertz CT molecular complexity index is 748. The first-order chi connectivity index (χ1) is 12.7. The normalized spacial score (nSPS) is 13.8. The van der Waals surface area contributed by atoms with Crippen molar-refractivity contribution < 1.29 is 9.59 Å². The molecule has 1 N–H and O–H groups in total. The summed E-state index contributed by atoms with van der Waals surface area (Å²) in [4.78, 5) is 26.4. The van der Waals surface area contributed by atoms with Crippen LogP contribution in [0.2, 0.25) is 0 Å². The van der Waals surface area contributed by atoms with E-state index in [-0.39, 0.29) is 11.8 Å². The summed E-state index contributed by atoms with van der Waals surface area (Å²) in [7, 11) is 0. The minimum atomic E-state index is -0.157. The highest BCUT2D eigenvalue weighted by Gasteiger charge is 2.19. The number of rotatable bonds is 7. The molecular formula is C20H26N4O2. The van der Waals surface area contributed by atoms with E-state index in [1.54, 1.807) is 6.20 Å². The average Bonchev–Trinajstić information content (AvgIpc) is 3.32. The van der Waals surface area contributed by atoms with Crippen LogP contribution in [0.25, 0.3) is 0 Å². The van der Waals surface area contributed by atoms with Crippen LogP contribution in [-0.4, -0.2) is 46.1 Å². The number of likely N-dealkylation sites (tertiary alicyclic amines) is 1. The van der Waals surface area contributed by atoms with Gasteiger partial charge >= 0.3 is 0 Å². The molecule has 6 heteroatoms. The molecule has 1 saturated heterocycles. The average molecular weight is 354 g/mol. The van der Waals surface area contributed by atoms with Crippen LogP contribution < -0.4 is 5.32 Å². The van der Waals surface area contributed by atoms with Gasteiger partial charge in [-0.3, -0.25) is 14.3 Å². The maximum atomic E-state index is 12.5. The van der Waals surface area contributed by atoms with Crippen LogP contribution in [0.1, 0.15) is 47.8 Å². The standard InChI is InChI=1S/C20H26N4O2/c1-2-18-17(14-22-24(18)15-16-8-4-3-5-9-16)20(26)21-11-10-19(25)23-12-6-7-13-23/h3-5,8-9,14H,2,6-7,10-13,15H2,1H3,(H,21,26). The fourth-order valence-corrected chi connectivity index (χ4v) is 3.37. The third-order valence-electron chi connectivity index (χ3n) is 4.79. The predicted octanol–water partition coefficient (Wildman–Crippen LogP) is 2.24. The number of amides is 2. The van der Waals surface area contributed by atoms with Crippen molar-refractivity contribution in [1.29, 1.82) is 0 Å². The van der Waals surface area contributed by atoms with Crippen molar-refractivity contribution in [3.8, 4) is 0 Å². The van der Waals surface area contributed by atoms with E-state index in [9.17, 15) is 9.59 Å². The number of nitrogens with zero attached hydrogens (tertiary/aromatic N) is 3. The van der Waals surface area contributed by atoms with Crippen LogP contribution in [-0.2, 0) is 17.8 Å². The Hall–Kier alpha value is -2.63. The van der Waals surface area contributed by atoms with E-state index < -0.39 is 0 Å². The van der Waals surface area contributed by atoms with Gasteiger partial charge in [-0.1, -0.05) is 37.3 Å². The molecule has 0 unspecified atom stereocenters. The lowest BCUT2D eigenvalue weighted by Crippen LogP contribution is -2.32. The van der Waals surface area contributed by atoms with E-state index >= 15 is 0 Å². The molecule has 0 bridgehead atoms. The fraction of sp³-hybridized carbons (Fsp3) is 0.450. The molecule has 138 valence electrons. The molecule has 1 aliphatic heterocycles. The van der Waals surface area contributed by atoms with Gasteiger partial charge in [0.15, 0.2) is 0 Å². The number of aromatic nitrogens is 2. The van der Waals surface area contributed by atoms with Crippen molar-refractivity contribution in [3.63, 3.8) is 0 Å². The second-order valence-corrected chi connectivity index (χ2v) is 6.60. The first-order valence-electron chi connectivity index (χ1n) is 9.33. The number of hydrogen-bond acceptors (Lipinski definition) is 3. The maximum Gasteiger partial charge on any atom is 0.254 e. The third-order valence-corrected chi connectivity index (χ3v) is 4.79. The Morgan fingerprint density at radius 2 is 1.88 bits per heavy atom. The Labute approximate surface area is 154 Å². The second kappa shape index (κ2) is 8.65. The highest BCUT2D eigenvalue weighted by molar-refractivity contribution is 5.95. The van der Waals surface area contributed by atoms with E-state index in [2.05, 4.69) is 10.4 Å². The lowest BCUT2D eigenvalue weighted by atomic mass is 10.1. The molecule has 0 atom stereocenters. The zero-order valence-electron chi connectivity index (χ0n) is 15.3. The van der Waals surface area contributed by atoms with Crippen molar-refractivity contribution >= 4 is 11.8 Å². The molecule has 1 fully saturated rings. The number of carbonyl (C=O) groups excluding carboxylic acids is 2. The van der Waals surface area contributed by atoms with Gasteiger partial charge in [-0.15, -0.1) is 0 Å². The quantitative estimate of drug-likeness (QED) is 0.829. The van der Waals surface area contributed by atoms with Gasteiger partial charge in [-0.05, 0) is 24.8 Å². The molecule has 2 aromatic rings. The molecule has 6 nitrogen and oxygen atoms in total. The third kappa shape index (κ3) is 4.31. The van der Waals surface area contributed by atoms with E-state index in [0.29, 0.717) is 25.1 Å². The summed E-state index contributed by atoms with van der Waals surface area (Å²) in [6.07, 6.45) is 4.87. The largest absolute Gasteiger partial charge is 0.351 e. The zero-order valence-corrected chi connectivity index (χ0v) is 15.3. The molecule has 0 radical (unpaired) electrons. The first-order valence-corrected chi connectivity index (χ1v) is 9.33. The molecule has 0 aliphatic carbocycles. The van der Waals surface area contributed by atoms with Gasteiger partial charge in [0.1, 0.15) is 0 Å². The first kappa shape index (κ1) is 18.2. The Morgan fingerprint density at radius 1 is 1.15 bits per heavy atom. The molecule has 2 heterocycles. The number of nitrogens with one attached hydrogen (secondary N) is 1. The smallest absolute Gasteiger partial charge is 0.254 e. The summed E-state index contributed by atoms with van der Waals surface area (Å²) < 4.78 is 1.87. The van der Waals surface area contributed by atoms with Crippen LogP contribution in [0.5, 0.6) is 0 Å². The lowest BCUT2D eigenvalue weighted by molar-refractivity contribution is -0.129. The number of carbonyl (C=O) groups is 2. The topological polar surface area (TPSA) is 67.2 Å². The van der Waals surface area contributed by atoms with Crippen LogP contribution in [0.15, 0.2) is 36.5 Å². The molecule has 1 aromatic heterocycles. The van der Waals surface area contributed by atoms with E-state index in [1.165, 1.54) is 0 Å². The van der Waals surface area contributed by atoms with Gasteiger partial charge in [-0.2, -0.15) is 5.10 Å². The van der Waals surface area contributed by atoms with Gasteiger partial charge < -0.3 is 10.2 Å². The highest BCUT2D eigenvalue weighted by Crippen LogP contribution is 2.13. The summed E-state index contributed by atoms with van der Waals surface area (Å²) in [6, 6.07) is 10.1. The van der Waals surface area contributed by atoms with Crippen LogP contribution in [0, 0.1) is 0 Å². The van der Waals surface area contributed by atoms with Crippen molar-refractivity contribution in [2.45, 2.75) is 39.2 Å². The summed E-state index contributed by atoms with van der Waals surface area (Å²) in [6.45, 7) is 4.72. The zero-order chi connectivity index (χ0) is 18.4. The van der Waals surface area contributed by atoms with E-state index in [4.69, 9.17) is 0 Å². The lowest BCUT2D eigenvalue weighted by Gasteiger charge is -2.15. The van der Waals surface area contributed by atoms with E-state index in [1.807, 2.05) is 46.8 Å². The number of benzene rings is 1. The Balaban J connectivity index is 1.57. The molecule has 26 heavy (non-hydrogen) atoms. The summed E-state index contributed by atoms with van der Waals surface area (Å²) >= 11 is 0. The van der Waals surface area contributed by atoms with Crippen molar-refractivity contribution in [3.05, 3.63) is 53.3 Å². The van der Waals surface area contributed by atoms with Crippen molar-refractivity contribution in [2.24, 2.45) is 0 Å². The maximum absolute atomic E-state index is 12.5. The van der Waals surface area contributed by atoms with Gasteiger partial charge in [-0.25, -0.2) is 0 Å². The molecule has 1 aliphatic rings. The van der Waals surface area contributed by atoms with Crippen molar-refractivity contribution in [2.75, 3.05) is 19.6 Å². The number of hydrogen-bond donors (Lipinski definition) is 1. The van der Waals surface area contributed by atoms with Gasteiger partial charge in [0.05, 0.1) is 24.0 Å². The Kier molecular flexibility index (Phi) is 6.04. The molecule has 3 rings (SSSR count). The van der Waals surface area contributed by atoms with Gasteiger partial charge in [0.25, 0.3) is 5.91 Å². The fourth-order valence-electron chi connectivity index (χ4n) is 3.37. The van der Waals surface area contributed by atoms with Gasteiger partial charge in [0, 0.05) is 26.1 Å². The second-order valence-electron chi connectivity index (χ2n) is 6.60. The molecule has 1 aromatic carbocycles. The molecule has 0 spiro atoms. The van der Waals surface area contributed by atoms with Crippen LogP contribution in [0.3, 0.4) is 0 Å². The van der Waals surface area contributed by atoms with E-state index in [0.717, 1.165) is 43.6 Å². The monoisotopic (exact) mass is 354 g/mol. The Morgan fingerprint density at radius 3 is 2.58 bits per heavy atom.